The van der Waals surface area contributed by atoms with Gasteiger partial charge in [-0.3, -0.25) is 14.4 Å². The molecule has 3 aromatic carbocycles. The number of rotatable bonds is 10. The molecule has 0 bridgehead atoms. The zero-order valence-electron chi connectivity index (χ0n) is 18.2. The molecule has 3 aromatic rings. The van der Waals surface area contributed by atoms with E-state index in [1.165, 1.54) is 12.1 Å². The minimum absolute atomic E-state index is 0.0156. The second-order valence-corrected chi connectivity index (χ2v) is 9.55. The molecule has 0 aliphatic carbocycles. The van der Waals surface area contributed by atoms with Crippen molar-refractivity contribution in [2.24, 2.45) is 0 Å². The molecule has 2 N–H and O–H groups in total. The van der Waals surface area contributed by atoms with Crippen molar-refractivity contribution >= 4 is 33.0 Å². The summed E-state index contributed by atoms with van der Waals surface area (Å²) in [6, 6.07) is 12.0. The van der Waals surface area contributed by atoms with E-state index in [-0.39, 0.29) is 34.3 Å². The number of aromatic hydroxyl groups is 1. The molecule has 0 amide bonds. The zero-order chi connectivity index (χ0) is 24.3. The quantitative estimate of drug-likeness (QED) is 0.250. The summed E-state index contributed by atoms with van der Waals surface area (Å²) in [7, 11) is -0.469. The molecule has 0 aliphatic rings. The number of halogens is 1. The number of nitrogens with zero attached hydrogens (tertiary/aromatic N) is 1. The summed E-state index contributed by atoms with van der Waals surface area (Å²) >= 11 is 6.03. The van der Waals surface area contributed by atoms with Crippen molar-refractivity contribution in [2.45, 2.75) is 17.2 Å². The molecule has 0 fully saturated rings. The van der Waals surface area contributed by atoms with Gasteiger partial charge in [-0.25, -0.2) is 8.42 Å². The summed E-state index contributed by atoms with van der Waals surface area (Å²) in [5, 5.41) is 13.1. The number of nitrogens with one attached hydrogen (secondary N) is 1. The monoisotopic (exact) mass is 494 g/mol. The van der Waals surface area contributed by atoms with Crippen molar-refractivity contribution in [3.8, 4) is 5.75 Å². The van der Waals surface area contributed by atoms with Crippen LogP contribution in [0.15, 0.2) is 56.9 Å². The first-order valence-electron chi connectivity index (χ1n) is 9.81. The van der Waals surface area contributed by atoms with E-state index >= 15 is 0 Å². The maximum Gasteiger partial charge on any atom is 0.269 e. The molecule has 0 spiro atoms. The van der Waals surface area contributed by atoms with Crippen LogP contribution in [0.2, 0.25) is 5.02 Å². The largest absolute Gasteiger partial charge is 0.504 e. The van der Waals surface area contributed by atoms with Gasteiger partial charge in [-0.1, -0.05) is 46.4 Å². The Morgan fingerprint density at radius 1 is 1.09 bits per heavy atom. The average Bonchev–Trinajstić information content (AvgIpc) is 2.81. The summed E-state index contributed by atoms with van der Waals surface area (Å²) in [6.45, 7) is 0.320. The lowest BCUT2D eigenvalue weighted by Gasteiger charge is -2.21. The van der Waals surface area contributed by atoms with Crippen LogP contribution in [-0.4, -0.2) is 45.9 Å². The second kappa shape index (κ2) is 10.0. The molecular weight excluding hydrogens is 472 g/mol. The highest BCUT2D eigenvalue weighted by Crippen LogP contribution is 2.39. The lowest BCUT2D eigenvalue weighted by molar-refractivity contribution is -0.0259. The molecule has 1 atom stereocenters. The van der Waals surface area contributed by atoms with Gasteiger partial charge in [0.2, 0.25) is 10.9 Å². The molecule has 3 rings (SSSR count). The Hall–Kier alpha value is -2.76. The van der Waals surface area contributed by atoms with E-state index in [4.69, 9.17) is 21.2 Å². The average molecular weight is 495 g/mol. The van der Waals surface area contributed by atoms with Crippen LogP contribution in [-0.2, 0) is 26.0 Å². The number of benzene rings is 2. The molecule has 0 aliphatic heterocycles. The first-order valence-corrected chi connectivity index (χ1v) is 11.6. The van der Waals surface area contributed by atoms with Gasteiger partial charge in [0.05, 0.1) is 30.1 Å². The van der Waals surface area contributed by atoms with Crippen LogP contribution in [0.3, 0.4) is 0 Å². The molecule has 0 radical (unpaired) electrons. The Kier molecular flexibility index (Phi) is 7.55. The maximum absolute atomic E-state index is 12.7. The zero-order valence-corrected chi connectivity index (χ0v) is 19.7. The molecule has 0 heterocycles. The van der Waals surface area contributed by atoms with Gasteiger partial charge in [-0.15, -0.1) is 0 Å². The molecular formula is C22H23ClN2O7S. The fourth-order valence-electron chi connectivity index (χ4n) is 3.47. The fraction of sp³-hybridized carbons (Fsp3) is 0.273. The van der Waals surface area contributed by atoms with Crippen LogP contribution in [0.5, 0.6) is 5.75 Å². The van der Waals surface area contributed by atoms with Gasteiger partial charge in [0.25, 0.3) is 10.0 Å². The Bertz CT molecular complexity index is 1320. The number of hydrogen-bond acceptors (Lipinski definition) is 8. The number of hydroxylamine groups is 1. The summed E-state index contributed by atoms with van der Waals surface area (Å²) in [5.41, 5.74) is -0.351. The van der Waals surface area contributed by atoms with E-state index in [1.807, 2.05) is 30.3 Å². The van der Waals surface area contributed by atoms with Gasteiger partial charge in [-0.05, 0) is 24.1 Å². The third kappa shape index (κ3) is 4.80. The predicted molar refractivity (Wildman–Crippen MR) is 124 cm³/mol. The van der Waals surface area contributed by atoms with Gasteiger partial charge in [0.15, 0.2) is 5.75 Å². The topological polar surface area (TPSA) is 122 Å². The van der Waals surface area contributed by atoms with Crippen molar-refractivity contribution in [3.63, 3.8) is 0 Å². The highest BCUT2D eigenvalue weighted by molar-refractivity contribution is 7.89. The van der Waals surface area contributed by atoms with Crippen LogP contribution >= 0.6 is 11.6 Å². The fourth-order valence-corrected chi connectivity index (χ4v) is 5.03. The normalized spacial score (nSPS) is 12.9. The Balaban J connectivity index is 1.98. The molecule has 11 heteroatoms. The summed E-state index contributed by atoms with van der Waals surface area (Å²) in [5.74, 6) is -0.896. The van der Waals surface area contributed by atoms with Crippen LogP contribution in [0.4, 0.5) is 11.4 Å². The van der Waals surface area contributed by atoms with Gasteiger partial charge in [0.1, 0.15) is 4.90 Å². The SMILES string of the molecule is COC[C@@H](Cc1c(Nc2ccc(Cl)c(S(=O)(=O)N(C)OC)c2O)c(=O)c1=O)c1ccccc1. The number of methoxy groups -OCH3 is 1. The number of hydrogen-bond donors (Lipinski definition) is 2. The van der Waals surface area contributed by atoms with Crippen LogP contribution in [0.25, 0.3) is 0 Å². The van der Waals surface area contributed by atoms with Crippen molar-refractivity contribution in [1.29, 1.82) is 0 Å². The van der Waals surface area contributed by atoms with Crippen molar-refractivity contribution in [2.75, 3.05) is 33.2 Å². The highest BCUT2D eigenvalue weighted by Gasteiger charge is 2.31. The number of ether oxygens (including phenoxy) is 1. The summed E-state index contributed by atoms with van der Waals surface area (Å²) < 4.78 is 31.1. The number of phenolic OH excluding ortho intramolecular Hbond substituents is 1. The molecule has 176 valence electrons. The van der Waals surface area contributed by atoms with E-state index < -0.39 is 31.5 Å². The minimum atomic E-state index is -4.29. The lowest BCUT2D eigenvalue weighted by atomic mass is 9.89. The van der Waals surface area contributed by atoms with Crippen molar-refractivity contribution in [3.05, 3.63) is 79.1 Å². The number of anilines is 2. The first kappa shape index (κ1) is 24.9. The third-order valence-electron chi connectivity index (χ3n) is 5.30. The van der Waals surface area contributed by atoms with E-state index in [0.29, 0.717) is 11.1 Å². The molecule has 9 nitrogen and oxygen atoms in total. The van der Waals surface area contributed by atoms with Crippen LogP contribution < -0.4 is 16.2 Å². The minimum Gasteiger partial charge on any atom is -0.504 e. The van der Waals surface area contributed by atoms with Gasteiger partial charge < -0.3 is 15.2 Å². The standard InChI is InChI=1S/C22H23ClN2O7S/c1-25(32-3)33(29,30)22-16(23)9-10-17(20(22)27)24-18-15(19(26)21(18)28)11-14(12-31-2)13-7-5-4-6-8-13/h4-10,14,24,27H,11-12H2,1-3H3/t14-/m1/s1. The Morgan fingerprint density at radius 3 is 2.36 bits per heavy atom. The first-order chi connectivity index (χ1) is 15.6. The van der Waals surface area contributed by atoms with Crippen molar-refractivity contribution < 1.29 is 23.1 Å². The van der Waals surface area contributed by atoms with Crippen LogP contribution in [0, 0.1) is 0 Å². The van der Waals surface area contributed by atoms with Gasteiger partial charge in [0, 0.05) is 25.6 Å². The Labute approximate surface area is 195 Å². The molecule has 0 saturated carbocycles. The van der Waals surface area contributed by atoms with E-state index in [0.717, 1.165) is 19.7 Å². The molecule has 33 heavy (non-hydrogen) atoms. The molecule has 0 saturated heterocycles. The molecule has 0 aromatic heterocycles. The number of sulfonamides is 1. The van der Waals surface area contributed by atoms with Crippen molar-refractivity contribution in [1.82, 2.24) is 4.47 Å². The second-order valence-electron chi connectivity index (χ2n) is 7.27. The smallest absolute Gasteiger partial charge is 0.269 e. The van der Waals surface area contributed by atoms with E-state index in [9.17, 15) is 23.1 Å². The Morgan fingerprint density at radius 2 is 1.76 bits per heavy atom. The van der Waals surface area contributed by atoms with Gasteiger partial charge >= 0.3 is 0 Å². The third-order valence-corrected chi connectivity index (χ3v) is 7.48. The van der Waals surface area contributed by atoms with Gasteiger partial charge in [-0.2, -0.15) is 0 Å². The lowest BCUT2D eigenvalue weighted by Crippen LogP contribution is -2.39. The predicted octanol–water partition coefficient (Wildman–Crippen LogP) is 2.54. The highest BCUT2D eigenvalue weighted by atomic mass is 35.5. The van der Waals surface area contributed by atoms with E-state index in [1.54, 1.807) is 7.11 Å². The van der Waals surface area contributed by atoms with Crippen LogP contribution in [0.1, 0.15) is 17.0 Å². The maximum atomic E-state index is 12.7. The van der Waals surface area contributed by atoms with E-state index in [2.05, 4.69) is 5.32 Å². The summed E-state index contributed by atoms with van der Waals surface area (Å²) in [4.78, 5) is 28.8. The number of phenols is 1. The molecule has 0 unspecified atom stereocenters. The summed E-state index contributed by atoms with van der Waals surface area (Å²) in [6.07, 6.45) is 0.219.